The number of ether oxygens (including phenoxy) is 1. The normalized spacial score (nSPS) is 15.8. The molecule has 4 rings (SSSR count). The Morgan fingerprint density at radius 1 is 1.09 bits per heavy atom. The Morgan fingerprint density at radius 2 is 1.84 bits per heavy atom. The number of carbonyl (C=O) groups is 1. The van der Waals surface area contributed by atoms with Gasteiger partial charge < -0.3 is 14.5 Å². The minimum absolute atomic E-state index is 0.122. The number of fused-ring (bicyclic) bond motifs is 1. The van der Waals surface area contributed by atoms with Gasteiger partial charge in [0, 0.05) is 50.6 Å². The van der Waals surface area contributed by atoms with Crippen molar-refractivity contribution in [1.82, 2.24) is 9.88 Å². The molecule has 1 fully saturated rings. The second kappa shape index (κ2) is 9.70. The number of benzene rings is 2. The van der Waals surface area contributed by atoms with Gasteiger partial charge in [0.25, 0.3) is 0 Å². The number of aromatic nitrogens is 1. The average Bonchev–Trinajstić information content (AvgIpc) is 3.29. The molecule has 1 aromatic heterocycles. The molecule has 0 spiro atoms. The summed E-state index contributed by atoms with van der Waals surface area (Å²) >= 11 is 0. The summed E-state index contributed by atoms with van der Waals surface area (Å²) in [5, 5.41) is 1.12. The van der Waals surface area contributed by atoms with Crippen LogP contribution in [0, 0.1) is 13.8 Å². The molecule has 0 saturated carbocycles. The van der Waals surface area contributed by atoms with E-state index in [1.807, 2.05) is 44.1 Å². The van der Waals surface area contributed by atoms with Crippen molar-refractivity contribution >= 4 is 22.5 Å². The van der Waals surface area contributed by atoms with Gasteiger partial charge in [-0.2, -0.15) is 0 Å². The van der Waals surface area contributed by atoms with Gasteiger partial charge >= 0.3 is 0 Å². The number of carbonyl (C=O) groups excluding carboxylic acids is 1. The predicted molar refractivity (Wildman–Crippen MR) is 130 cm³/mol. The summed E-state index contributed by atoms with van der Waals surface area (Å²) in [7, 11) is 4.06. The van der Waals surface area contributed by atoms with Gasteiger partial charge in [-0.3, -0.25) is 9.78 Å². The van der Waals surface area contributed by atoms with Crippen LogP contribution in [0.1, 0.15) is 35.2 Å². The number of hydrogen-bond acceptors (Lipinski definition) is 4. The van der Waals surface area contributed by atoms with Crippen LogP contribution in [-0.2, 0) is 22.5 Å². The maximum Gasteiger partial charge on any atom is 0.227 e. The minimum atomic E-state index is 0.122. The lowest BCUT2D eigenvalue weighted by Gasteiger charge is -2.27. The molecule has 1 aliphatic heterocycles. The molecule has 1 saturated heterocycles. The van der Waals surface area contributed by atoms with Crippen LogP contribution in [0.3, 0.4) is 0 Å². The van der Waals surface area contributed by atoms with Crippen LogP contribution in [0.2, 0.25) is 0 Å². The Labute approximate surface area is 191 Å². The topological polar surface area (TPSA) is 45.7 Å². The van der Waals surface area contributed by atoms with Crippen LogP contribution in [0.15, 0.2) is 48.5 Å². The molecule has 3 aromatic rings. The quantitative estimate of drug-likeness (QED) is 0.545. The lowest BCUT2D eigenvalue weighted by molar-refractivity contribution is -0.132. The molecule has 0 unspecified atom stereocenters. The molecule has 0 radical (unpaired) electrons. The number of amides is 1. The monoisotopic (exact) mass is 431 g/mol. The minimum Gasteiger partial charge on any atom is -0.378 e. The van der Waals surface area contributed by atoms with Crippen LogP contribution in [-0.4, -0.2) is 49.1 Å². The summed E-state index contributed by atoms with van der Waals surface area (Å²) in [6.45, 7) is 6.12. The molecule has 5 heteroatoms. The lowest BCUT2D eigenvalue weighted by Crippen LogP contribution is -2.38. The number of nitrogens with zero attached hydrogens (tertiary/aromatic N) is 3. The van der Waals surface area contributed by atoms with Crippen LogP contribution < -0.4 is 4.90 Å². The number of anilines is 1. The maximum atomic E-state index is 13.6. The zero-order chi connectivity index (χ0) is 22.7. The Balaban J connectivity index is 1.58. The Morgan fingerprint density at radius 3 is 2.53 bits per heavy atom. The van der Waals surface area contributed by atoms with E-state index in [-0.39, 0.29) is 12.0 Å². The Bertz CT molecular complexity index is 1090. The fourth-order valence-corrected chi connectivity index (χ4v) is 4.50. The smallest absolute Gasteiger partial charge is 0.227 e. The van der Waals surface area contributed by atoms with E-state index in [9.17, 15) is 4.79 Å². The molecule has 1 aliphatic rings. The lowest BCUT2D eigenvalue weighted by atomic mass is 9.99. The zero-order valence-electron chi connectivity index (χ0n) is 19.6. The Kier molecular flexibility index (Phi) is 6.75. The van der Waals surface area contributed by atoms with Gasteiger partial charge in [0.15, 0.2) is 0 Å². The maximum absolute atomic E-state index is 13.6. The van der Waals surface area contributed by atoms with E-state index in [2.05, 4.69) is 42.2 Å². The highest BCUT2D eigenvalue weighted by molar-refractivity contribution is 5.86. The van der Waals surface area contributed by atoms with E-state index < -0.39 is 0 Å². The highest BCUT2D eigenvalue weighted by Crippen LogP contribution is 2.24. The summed E-state index contributed by atoms with van der Waals surface area (Å²) in [5.41, 5.74) is 6.38. The van der Waals surface area contributed by atoms with Gasteiger partial charge in [0.1, 0.15) is 0 Å². The van der Waals surface area contributed by atoms with Gasteiger partial charge in [-0.25, -0.2) is 0 Å². The van der Waals surface area contributed by atoms with Crippen molar-refractivity contribution in [1.29, 1.82) is 0 Å². The molecule has 0 aliphatic carbocycles. The highest BCUT2D eigenvalue weighted by atomic mass is 16.5. The van der Waals surface area contributed by atoms with Gasteiger partial charge in [-0.1, -0.05) is 30.3 Å². The van der Waals surface area contributed by atoms with Crippen molar-refractivity contribution < 1.29 is 9.53 Å². The molecule has 168 valence electrons. The molecular weight excluding hydrogens is 398 g/mol. The molecule has 0 N–H and O–H groups in total. The second-order valence-electron chi connectivity index (χ2n) is 8.96. The number of hydrogen-bond donors (Lipinski definition) is 0. The zero-order valence-corrected chi connectivity index (χ0v) is 19.6. The first-order valence-electron chi connectivity index (χ1n) is 11.4. The van der Waals surface area contributed by atoms with Gasteiger partial charge in [-0.15, -0.1) is 0 Å². The third kappa shape index (κ3) is 4.94. The van der Waals surface area contributed by atoms with Gasteiger partial charge in [0.05, 0.1) is 18.0 Å². The summed E-state index contributed by atoms with van der Waals surface area (Å²) in [5.74, 6) is 0.125. The van der Waals surface area contributed by atoms with E-state index in [0.29, 0.717) is 19.5 Å². The number of pyridine rings is 1. The summed E-state index contributed by atoms with van der Waals surface area (Å²) in [6.07, 6.45) is 2.56. The van der Waals surface area contributed by atoms with E-state index in [1.54, 1.807) is 0 Å². The molecule has 1 amide bonds. The fourth-order valence-electron chi connectivity index (χ4n) is 4.50. The molecule has 2 heterocycles. The van der Waals surface area contributed by atoms with E-state index in [0.717, 1.165) is 58.4 Å². The van der Waals surface area contributed by atoms with Gasteiger partial charge in [0.2, 0.25) is 5.91 Å². The van der Waals surface area contributed by atoms with Crippen LogP contribution in [0.5, 0.6) is 0 Å². The van der Waals surface area contributed by atoms with E-state index >= 15 is 0 Å². The first-order chi connectivity index (χ1) is 15.4. The van der Waals surface area contributed by atoms with Crippen molar-refractivity contribution in [2.75, 3.05) is 32.1 Å². The SMILES string of the molecule is Cc1nc2ccccc2c(C)c1CC(=O)N(Cc1ccc(N(C)C)cc1)C[C@@H]1CCCO1. The third-order valence-corrected chi connectivity index (χ3v) is 6.44. The molecule has 2 aromatic carbocycles. The Hall–Kier alpha value is -2.92. The van der Waals surface area contributed by atoms with Crippen molar-refractivity contribution in [3.8, 4) is 0 Å². The van der Waals surface area contributed by atoms with Crippen molar-refractivity contribution in [2.45, 2.75) is 45.8 Å². The third-order valence-electron chi connectivity index (χ3n) is 6.44. The molecular formula is C27H33N3O2. The summed E-state index contributed by atoms with van der Waals surface area (Å²) in [4.78, 5) is 22.4. The van der Waals surface area contributed by atoms with Crippen molar-refractivity contribution in [3.63, 3.8) is 0 Å². The highest BCUT2D eigenvalue weighted by Gasteiger charge is 2.24. The summed E-state index contributed by atoms with van der Waals surface area (Å²) in [6, 6.07) is 16.6. The van der Waals surface area contributed by atoms with Crippen molar-refractivity contribution in [3.05, 3.63) is 70.9 Å². The first kappa shape index (κ1) is 22.3. The summed E-state index contributed by atoms with van der Waals surface area (Å²) < 4.78 is 5.86. The standard InChI is InChI=1S/C27H33N3O2/c1-19-24-9-5-6-10-26(24)28-20(2)25(19)16-27(31)30(18-23-8-7-15-32-23)17-21-11-13-22(14-12-21)29(3)4/h5-6,9-14,23H,7-8,15-18H2,1-4H3/t23-/m0/s1. The predicted octanol–water partition coefficient (Wildman–Crippen LogP) is 4.67. The van der Waals surface area contributed by atoms with Crippen molar-refractivity contribution in [2.24, 2.45) is 0 Å². The van der Waals surface area contributed by atoms with E-state index in [4.69, 9.17) is 9.72 Å². The fraction of sp³-hybridized carbons (Fsp3) is 0.407. The molecule has 1 atom stereocenters. The molecule has 32 heavy (non-hydrogen) atoms. The van der Waals surface area contributed by atoms with Crippen LogP contribution >= 0.6 is 0 Å². The van der Waals surface area contributed by atoms with E-state index in [1.165, 1.54) is 0 Å². The number of rotatable bonds is 7. The van der Waals surface area contributed by atoms with Crippen LogP contribution in [0.25, 0.3) is 10.9 Å². The second-order valence-corrected chi connectivity index (χ2v) is 8.96. The average molecular weight is 432 g/mol. The number of para-hydroxylation sites is 1. The van der Waals surface area contributed by atoms with Gasteiger partial charge in [-0.05, 0) is 61.6 Å². The van der Waals surface area contributed by atoms with Crippen LogP contribution in [0.4, 0.5) is 5.69 Å². The molecule has 5 nitrogen and oxygen atoms in total. The first-order valence-corrected chi connectivity index (χ1v) is 11.4. The largest absolute Gasteiger partial charge is 0.378 e. The molecule has 0 bridgehead atoms. The number of aryl methyl sites for hydroxylation is 2.